The van der Waals surface area contributed by atoms with Gasteiger partial charge < -0.3 is 20.1 Å². The van der Waals surface area contributed by atoms with E-state index in [1.54, 1.807) is 36.2 Å². The first-order valence-corrected chi connectivity index (χ1v) is 11.1. The van der Waals surface area contributed by atoms with Gasteiger partial charge in [0.1, 0.15) is 17.3 Å². The number of nitrogens with one attached hydrogen (secondary N) is 2. The van der Waals surface area contributed by atoms with Crippen LogP contribution in [0.1, 0.15) is 75.9 Å². The number of rotatable bonds is 7. The van der Waals surface area contributed by atoms with Gasteiger partial charge in [0.2, 0.25) is 0 Å². The highest BCUT2D eigenvalue weighted by Crippen LogP contribution is 2.39. The lowest BCUT2D eigenvalue weighted by atomic mass is 9.94. The molecule has 7 heteroatoms. The lowest BCUT2D eigenvalue weighted by Crippen LogP contribution is -2.30. The molecule has 0 unspecified atom stereocenters. The molecule has 2 aromatic carbocycles. The zero-order valence-corrected chi connectivity index (χ0v) is 18.5. The Hall–Kier alpha value is -3.35. The molecule has 0 spiro atoms. The number of amidine groups is 1. The molecule has 1 heterocycles. The maximum atomic E-state index is 13.1. The molecule has 3 N–H and O–H groups in total. The fraction of sp³-hybridized carbons (Fsp3) is 0.400. The molecule has 1 fully saturated rings. The summed E-state index contributed by atoms with van der Waals surface area (Å²) >= 11 is 0. The van der Waals surface area contributed by atoms with Crippen molar-refractivity contribution in [1.82, 2.24) is 10.2 Å². The summed E-state index contributed by atoms with van der Waals surface area (Å²) in [5.74, 6) is 0.875. The van der Waals surface area contributed by atoms with E-state index >= 15 is 0 Å². The summed E-state index contributed by atoms with van der Waals surface area (Å²) in [7, 11) is 1.55. The first kappa shape index (κ1) is 21.9. The quantitative estimate of drug-likeness (QED) is 0.574. The van der Waals surface area contributed by atoms with Gasteiger partial charge in [-0.15, -0.1) is 0 Å². The normalized spacial score (nSPS) is 15.7. The highest BCUT2D eigenvalue weighted by Gasteiger charge is 2.29. The summed E-state index contributed by atoms with van der Waals surface area (Å²) in [5.41, 5.74) is 3.28. The van der Waals surface area contributed by atoms with Crippen LogP contribution in [0.4, 0.5) is 0 Å². The van der Waals surface area contributed by atoms with Crippen molar-refractivity contribution in [3.8, 4) is 11.5 Å². The number of benzene rings is 2. The van der Waals surface area contributed by atoms with Gasteiger partial charge in [0.15, 0.2) is 5.78 Å². The van der Waals surface area contributed by atoms with Gasteiger partial charge in [0.25, 0.3) is 5.91 Å². The van der Waals surface area contributed by atoms with Crippen LogP contribution in [0.15, 0.2) is 30.3 Å². The number of nitrogens with zero attached hydrogens (tertiary/aromatic N) is 1. The van der Waals surface area contributed by atoms with Gasteiger partial charge in [-0.2, -0.15) is 0 Å². The number of ketones is 1. The lowest BCUT2D eigenvalue weighted by Gasteiger charge is -2.18. The zero-order valence-electron chi connectivity index (χ0n) is 18.5. The van der Waals surface area contributed by atoms with Crippen molar-refractivity contribution in [3.63, 3.8) is 0 Å². The Bertz CT molecular complexity index is 1070. The number of hydrogen-bond acceptors (Lipinski definition) is 5. The Balaban J connectivity index is 1.55. The molecule has 0 radical (unpaired) electrons. The first-order chi connectivity index (χ1) is 15.4. The molecule has 1 saturated carbocycles. The highest BCUT2D eigenvalue weighted by molar-refractivity contribution is 6.07. The molecule has 4 rings (SSSR count). The van der Waals surface area contributed by atoms with Crippen LogP contribution in [0, 0.1) is 5.41 Å². The minimum absolute atomic E-state index is 0.0572. The fourth-order valence-electron chi connectivity index (χ4n) is 4.71. The second-order valence-electron chi connectivity index (χ2n) is 8.40. The average Bonchev–Trinajstić information content (AvgIpc) is 3.42. The Morgan fingerprint density at radius 1 is 1.22 bits per heavy atom. The van der Waals surface area contributed by atoms with Crippen molar-refractivity contribution < 1.29 is 19.4 Å². The predicted octanol–water partition coefficient (Wildman–Crippen LogP) is 3.83. The maximum absolute atomic E-state index is 13.1. The second kappa shape index (κ2) is 9.02. The number of carbonyl (C=O) groups excluding carboxylic acids is 2. The Labute approximate surface area is 187 Å². The number of phenols is 1. The Morgan fingerprint density at radius 2 is 1.97 bits per heavy atom. The van der Waals surface area contributed by atoms with Crippen molar-refractivity contribution in [3.05, 3.63) is 58.1 Å². The standard InChI is InChI=1S/C25H29N3O4/c1-3-32-23-11-17-13-28(24(26)19(17)12-20(23)25(31)27-2)14-22(30)16-8-9-21(29)18(10-16)15-6-4-5-7-15/h8-12,15,26,29H,3-7,13-14H2,1-2H3,(H,27,31). The van der Waals surface area contributed by atoms with Crippen LogP contribution in [0.2, 0.25) is 0 Å². The molecular formula is C25H29N3O4. The lowest BCUT2D eigenvalue weighted by molar-refractivity contribution is 0.0953. The van der Waals surface area contributed by atoms with Gasteiger partial charge in [-0.05, 0) is 67.1 Å². The van der Waals surface area contributed by atoms with E-state index in [1.807, 2.05) is 13.0 Å². The Morgan fingerprint density at radius 3 is 2.66 bits per heavy atom. The van der Waals surface area contributed by atoms with E-state index in [-0.39, 0.29) is 29.8 Å². The van der Waals surface area contributed by atoms with Crippen LogP contribution in [0.3, 0.4) is 0 Å². The first-order valence-electron chi connectivity index (χ1n) is 11.1. The largest absolute Gasteiger partial charge is 0.508 e. The number of fused-ring (bicyclic) bond motifs is 1. The highest BCUT2D eigenvalue weighted by atomic mass is 16.5. The van der Waals surface area contributed by atoms with Crippen LogP contribution < -0.4 is 10.1 Å². The average molecular weight is 436 g/mol. The third kappa shape index (κ3) is 4.07. The summed E-state index contributed by atoms with van der Waals surface area (Å²) in [6.45, 7) is 2.74. The van der Waals surface area contributed by atoms with E-state index in [4.69, 9.17) is 10.1 Å². The molecular weight excluding hydrogens is 406 g/mol. The number of hydrogen-bond donors (Lipinski definition) is 3. The van der Waals surface area contributed by atoms with Crippen LogP contribution in [0.25, 0.3) is 0 Å². The number of amides is 1. The van der Waals surface area contributed by atoms with E-state index in [0.29, 0.717) is 41.5 Å². The zero-order chi connectivity index (χ0) is 22.8. The van der Waals surface area contributed by atoms with E-state index in [2.05, 4.69) is 5.32 Å². The van der Waals surface area contributed by atoms with Gasteiger partial charge >= 0.3 is 0 Å². The smallest absolute Gasteiger partial charge is 0.254 e. The van der Waals surface area contributed by atoms with Gasteiger partial charge in [0.05, 0.1) is 18.7 Å². The van der Waals surface area contributed by atoms with Crippen LogP contribution in [-0.2, 0) is 6.54 Å². The van der Waals surface area contributed by atoms with E-state index in [9.17, 15) is 14.7 Å². The third-order valence-corrected chi connectivity index (χ3v) is 6.39. The van der Waals surface area contributed by atoms with Crippen molar-refractivity contribution in [2.24, 2.45) is 0 Å². The molecule has 0 saturated heterocycles. The SMILES string of the molecule is CCOc1cc2c(cc1C(=O)NC)C(=N)N(CC(=O)c1ccc(O)c(C3CCCC3)c1)C2. The van der Waals surface area contributed by atoms with Crippen molar-refractivity contribution in [1.29, 1.82) is 5.41 Å². The van der Waals surface area contributed by atoms with Crippen LogP contribution >= 0.6 is 0 Å². The molecule has 1 amide bonds. The van der Waals surface area contributed by atoms with Gasteiger partial charge in [-0.1, -0.05) is 12.8 Å². The molecule has 2 aliphatic rings. The molecule has 32 heavy (non-hydrogen) atoms. The van der Waals surface area contributed by atoms with Crippen molar-refractivity contribution in [2.75, 3.05) is 20.2 Å². The van der Waals surface area contributed by atoms with E-state index in [1.165, 1.54) is 0 Å². The molecule has 1 aliphatic heterocycles. The number of aromatic hydroxyl groups is 1. The van der Waals surface area contributed by atoms with Gasteiger partial charge in [-0.3, -0.25) is 15.0 Å². The summed E-state index contributed by atoms with van der Waals surface area (Å²) in [6.07, 6.45) is 4.36. The molecule has 0 aromatic heterocycles. The van der Waals surface area contributed by atoms with Gasteiger partial charge in [-0.25, -0.2) is 0 Å². The number of phenolic OH excluding ortho intramolecular Hbond substituents is 1. The summed E-state index contributed by atoms with van der Waals surface area (Å²) < 4.78 is 5.64. The number of carbonyl (C=O) groups is 2. The molecule has 0 bridgehead atoms. The number of Topliss-reactive ketones (excluding diaryl/α,β-unsaturated/α-hetero) is 1. The third-order valence-electron chi connectivity index (χ3n) is 6.39. The van der Waals surface area contributed by atoms with E-state index < -0.39 is 0 Å². The van der Waals surface area contributed by atoms with Crippen LogP contribution in [-0.4, -0.2) is 47.7 Å². The van der Waals surface area contributed by atoms with E-state index in [0.717, 1.165) is 36.8 Å². The predicted molar refractivity (Wildman–Crippen MR) is 122 cm³/mol. The maximum Gasteiger partial charge on any atom is 0.254 e. The minimum Gasteiger partial charge on any atom is -0.508 e. The molecule has 7 nitrogen and oxygen atoms in total. The molecule has 168 valence electrons. The summed E-state index contributed by atoms with van der Waals surface area (Å²) in [4.78, 5) is 27.0. The van der Waals surface area contributed by atoms with Crippen LogP contribution in [0.5, 0.6) is 11.5 Å². The van der Waals surface area contributed by atoms with Crippen molar-refractivity contribution in [2.45, 2.75) is 45.1 Å². The summed E-state index contributed by atoms with van der Waals surface area (Å²) in [5, 5.41) is 21.5. The molecule has 1 aliphatic carbocycles. The number of ether oxygens (including phenoxy) is 1. The molecule has 0 atom stereocenters. The minimum atomic E-state index is -0.276. The molecule has 2 aromatic rings. The Kier molecular flexibility index (Phi) is 6.17. The topological polar surface area (TPSA) is 103 Å². The fourth-order valence-corrected chi connectivity index (χ4v) is 4.71. The van der Waals surface area contributed by atoms with Crippen molar-refractivity contribution >= 4 is 17.5 Å². The monoisotopic (exact) mass is 435 g/mol. The second-order valence-corrected chi connectivity index (χ2v) is 8.40. The summed E-state index contributed by atoms with van der Waals surface area (Å²) in [6, 6.07) is 8.54. The van der Waals surface area contributed by atoms with Gasteiger partial charge in [0, 0.05) is 24.7 Å².